The molecule has 3 rings (SSSR count). The summed E-state index contributed by atoms with van der Waals surface area (Å²) in [6.45, 7) is 11.0. The van der Waals surface area contributed by atoms with Crippen molar-refractivity contribution in [2.75, 3.05) is 19.7 Å². The number of nitrogens with one attached hydrogen (secondary N) is 1. The smallest absolute Gasteiger partial charge is 0.410 e. The van der Waals surface area contributed by atoms with Crippen LogP contribution in [-0.2, 0) is 16.0 Å². The summed E-state index contributed by atoms with van der Waals surface area (Å²) in [4.78, 5) is 26.6. The molecule has 1 amide bonds. The molecule has 32 heavy (non-hydrogen) atoms. The fourth-order valence-corrected chi connectivity index (χ4v) is 4.94. The second-order valence-corrected chi connectivity index (χ2v) is 10.1. The molecule has 0 spiro atoms. The lowest BCUT2D eigenvalue weighted by Crippen LogP contribution is -2.41. The van der Waals surface area contributed by atoms with Crippen LogP contribution < -0.4 is 5.32 Å². The summed E-state index contributed by atoms with van der Waals surface area (Å²) in [7, 11) is 0. The van der Waals surface area contributed by atoms with Crippen molar-refractivity contribution in [3.8, 4) is 0 Å². The molecule has 1 heterocycles. The molecule has 1 saturated heterocycles. The molecule has 0 unspecified atom stereocenters. The van der Waals surface area contributed by atoms with Crippen LogP contribution in [0, 0.1) is 0 Å². The van der Waals surface area contributed by atoms with Gasteiger partial charge < -0.3 is 19.7 Å². The molecule has 172 valence electrons. The van der Waals surface area contributed by atoms with Gasteiger partial charge in [0.05, 0.1) is 0 Å². The molecule has 1 aliphatic heterocycles. The van der Waals surface area contributed by atoms with E-state index in [0.29, 0.717) is 26.1 Å². The minimum absolute atomic E-state index is 0.0366. The van der Waals surface area contributed by atoms with Crippen molar-refractivity contribution < 1.29 is 19.1 Å². The molecule has 1 fully saturated rings. The van der Waals surface area contributed by atoms with Crippen LogP contribution in [0.4, 0.5) is 9.59 Å². The molecular weight excluding hydrogens is 424 g/mol. The first kappa shape index (κ1) is 24.1. The largest absolute Gasteiger partial charge is 0.452 e. The summed E-state index contributed by atoms with van der Waals surface area (Å²) >= 11 is 1.16. The van der Waals surface area contributed by atoms with Gasteiger partial charge >= 0.3 is 11.4 Å². The van der Waals surface area contributed by atoms with Gasteiger partial charge in [0, 0.05) is 30.9 Å². The molecule has 2 aromatic carbocycles. The molecule has 0 saturated carbocycles. The fraction of sp³-hybridized carbons (Fsp3) is 0.440. The number of hydrogen-bond donors (Lipinski definition) is 1. The van der Waals surface area contributed by atoms with Crippen LogP contribution >= 0.6 is 11.8 Å². The number of nitrogens with zero attached hydrogens (tertiary/aromatic N) is 1. The third-order valence-corrected chi connectivity index (χ3v) is 6.11. The highest BCUT2D eigenvalue weighted by Gasteiger charge is 2.38. The maximum Gasteiger partial charge on any atom is 0.410 e. The van der Waals surface area contributed by atoms with Crippen LogP contribution in [0.15, 0.2) is 55.1 Å². The number of benzene rings is 2. The molecule has 2 atom stereocenters. The molecule has 1 aliphatic rings. The Balaban J connectivity index is 1.62. The van der Waals surface area contributed by atoms with Gasteiger partial charge in [-0.05, 0) is 55.3 Å². The average Bonchev–Trinajstić information content (AvgIpc) is 3.13. The van der Waals surface area contributed by atoms with Gasteiger partial charge in [0.2, 0.25) is 0 Å². The summed E-state index contributed by atoms with van der Waals surface area (Å²) in [5.41, 5.74) is 0.673. The zero-order valence-corrected chi connectivity index (χ0v) is 19.8. The standard InChI is InChI=1S/C25H32N2O4S/c1-5-13-30-23(28)27-17-21(32-24(29)31-25(2,3)4)14-20(27)16-26-15-19-11-8-10-18-9-6-7-12-22(18)19/h5-12,20-21,26H,1,13-17H2,2-4H3/t20-,21-/m0/s1. The number of amides is 1. The van der Waals surface area contributed by atoms with E-state index in [2.05, 4.69) is 42.2 Å². The van der Waals surface area contributed by atoms with E-state index in [1.165, 1.54) is 16.3 Å². The lowest BCUT2D eigenvalue weighted by Gasteiger charge is -2.24. The van der Waals surface area contributed by atoms with Crippen molar-refractivity contribution in [2.45, 2.75) is 50.6 Å². The number of hydrogen-bond acceptors (Lipinski definition) is 6. The number of likely N-dealkylation sites (tertiary alicyclic amines) is 1. The predicted octanol–water partition coefficient (Wildman–Crippen LogP) is 5.36. The summed E-state index contributed by atoms with van der Waals surface area (Å²) in [5, 5.41) is 5.57. The van der Waals surface area contributed by atoms with Gasteiger partial charge in [-0.1, -0.05) is 55.1 Å². The topological polar surface area (TPSA) is 67.9 Å². The summed E-state index contributed by atoms with van der Waals surface area (Å²) in [5.74, 6) is 0. The Morgan fingerprint density at radius 1 is 1.22 bits per heavy atom. The number of thioether (sulfide) groups is 1. The van der Waals surface area contributed by atoms with Crippen molar-refractivity contribution in [2.24, 2.45) is 0 Å². The van der Waals surface area contributed by atoms with Gasteiger partial charge in [-0.3, -0.25) is 0 Å². The SMILES string of the molecule is C=CCOC(=O)N1C[C@@H](SC(=O)OC(C)(C)C)C[C@H]1CNCc1cccc2ccccc12. The van der Waals surface area contributed by atoms with Crippen LogP contribution in [0.1, 0.15) is 32.8 Å². The van der Waals surface area contributed by atoms with E-state index >= 15 is 0 Å². The predicted molar refractivity (Wildman–Crippen MR) is 130 cm³/mol. The van der Waals surface area contributed by atoms with Gasteiger partial charge in [0.15, 0.2) is 0 Å². The van der Waals surface area contributed by atoms with Crippen molar-refractivity contribution in [3.63, 3.8) is 0 Å². The highest BCUT2D eigenvalue weighted by Crippen LogP contribution is 2.30. The third kappa shape index (κ3) is 6.74. The number of fused-ring (bicyclic) bond motifs is 1. The second kappa shape index (κ2) is 10.9. The number of rotatable bonds is 7. The van der Waals surface area contributed by atoms with Crippen LogP contribution in [0.3, 0.4) is 0 Å². The molecule has 6 nitrogen and oxygen atoms in total. The number of ether oxygens (including phenoxy) is 2. The minimum atomic E-state index is -0.537. The van der Waals surface area contributed by atoms with E-state index in [1.54, 1.807) is 11.0 Å². The van der Waals surface area contributed by atoms with E-state index in [9.17, 15) is 9.59 Å². The van der Waals surface area contributed by atoms with Crippen LogP contribution in [0.5, 0.6) is 0 Å². The molecule has 0 bridgehead atoms. The van der Waals surface area contributed by atoms with Crippen LogP contribution in [0.2, 0.25) is 0 Å². The lowest BCUT2D eigenvalue weighted by molar-refractivity contribution is 0.0736. The van der Waals surface area contributed by atoms with Crippen molar-refractivity contribution in [3.05, 3.63) is 60.7 Å². The quantitative estimate of drug-likeness (QED) is 0.447. The summed E-state index contributed by atoms with van der Waals surface area (Å²) < 4.78 is 10.7. The fourth-order valence-electron chi connectivity index (χ4n) is 3.82. The molecule has 0 radical (unpaired) electrons. The zero-order chi connectivity index (χ0) is 23.1. The van der Waals surface area contributed by atoms with Gasteiger partial charge in [0.1, 0.15) is 12.2 Å². The first-order valence-corrected chi connectivity index (χ1v) is 11.8. The molecule has 7 heteroatoms. The van der Waals surface area contributed by atoms with Crippen LogP contribution in [0.25, 0.3) is 10.8 Å². The van der Waals surface area contributed by atoms with Crippen molar-refractivity contribution >= 4 is 33.9 Å². The molecule has 2 aromatic rings. The highest BCUT2D eigenvalue weighted by molar-refractivity contribution is 8.13. The molecule has 0 aliphatic carbocycles. The normalized spacial score (nSPS) is 18.5. The number of carbonyl (C=O) groups excluding carboxylic acids is 2. The Bertz CT molecular complexity index is 951. The Kier molecular flexibility index (Phi) is 8.21. The van der Waals surface area contributed by atoms with Crippen molar-refractivity contribution in [1.82, 2.24) is 10.2 Å². The first-order valence-electron chi connectivity index (χ1n) is 10.9. The van der Waals surface area contributed by atoms with Gasteiger partial charge in [-0.15, -0.1) is 0 Å². The molecule has 1 N–H and O–H groups in total. The third-order valence-electron chi connectivity index (χ3n) is 5.16. The maximum absolute atomic E-state index is 12.6. The van der Waals surface area contributed by atoms with E-state index in [1.807, 2.05) is 32.9 Å². The molecular formula is C25H32N2O4S. The Labute approximate surface area is 194 Å². The maximum atomic E-state index is 12.6. The lowest BCUT2D eigenvalue weighted by atomic mass is 10.0. The van der Waals surface area contributed by atoms with Gasteiger partial charge in [-0.25, -0.2) is 9.59 Å². The van der Waals surface area contributed by atoms with Gasteiger partial charge in [-0.2, -0.15) is 0 Å². The Morgan fingerprint density at radius 2 is 1.97 bits per heavy atom. The minimum Gasteiger partial charge on any atom is -0.452 e. The summed E-state index contributed by atoms with van der Waals surface area (Å²) in [6.07, 6.45) is 1.86. The summed E-state index contributed by atoms with van der Waals surface area (Å²) in [6, 6.07) is 14.5. The average molecular weight is 457 g/mol. The van der Waals surface area contributed by atoms with E-state index in [0.717, 1.165) is 11.8 Å². The zero-order valence-electron chi connectivity index (χ0n) is 19.0. The Hall–Kier alpha value is -2.51. The van der Waals surface area contributed by atoms with Crippen molar-refractivity contribution in [1.29, 1.82) is 0 Å². The first-order chi connectivity index (χ1) is 15.3. The van der Waals surface area contributed by atoms with E-state index < -0.39 is 5.60 Å². The van der Waals surface area contributed by atoms with E-state index in [-0.39, 0.29) is 29.3 Å². The Morgan fingerprint density at radius 3 is 2.72 bits per heavy atom. The van der Waals surface area contributed by atoms with Crippen LogP contribution in [-0.4, -0.2) is 52.9 Å². The molecule has 0 aromatic heterocycles. The monoisotopic (exact) mass is 456 g/mol. The highest BCUT2D eigenvalue weighted by atomic mass is 32.2. The van der Waals surface area contributed by atoms with Gasteiger partial charge in [0.25, 0.3) is 0 Å². The van der Waals surface area contributed by atoms with E-state index in [4.69, 9.17) is 9.47 Å². The number of carbonyl (C=O) groups is 2. The second-order valence-electron chi connectivity index (χ2n) is 8.88.